The van der Waals surface area contributed by atoms with E-state index in [0.717, 1.165) is 35.9 Å². The van der Waals surface area contributed by atoms with Gasteiger partial charge in [0.2, 0.25) is 0 Å². The summed E-state index contributed by atoms with van der Waals surface area (Å²) in [6.45, 7) is 5.97. The van der Waals surface area contributed by atoms with Crippen LogP contribution in [0.2, 0.25) is 5.02 Å². The summed E-state index contributed by atoms with van der Waals surface area (Å²) in [5, 5.41) is 5.64. The van der Waals surface area contributed by atoms with Gasteiger partial charge in [-0.1, -0.05) is 30.7 Å². The van der Waals surface area contributed by atoms with Crippen LogP contribution in [-0.4, -0.2) is 34.2 Å². The van der Waals surface area contributed by atoms with Crippen molar-refractivity contribution in [2.45, 2.75) is 26.8 Å². The summed E-state index contributed by atoms with van der Waals surface area (Å²) in [6, 6.07) is 11.7. The Morgan fingerprint density at radius 3 is 2.76 bits per heavy atom. The molecule has 1 aromatic carbocycles. The van der Waals surface area contributed by atoms with Crippen molar-refractivity contribution < 1.29 is 4.79 Å². The van der Waals surface area contributed by atoms with E-state index < -0.39 is 0 Å². The smallest absolute Gasteiger partial charge is 0.270 e. The molecule has 150 valence electrons. The number of imidazole rings is 1. The zero-order chi connectivity index (χ0) is 20.4. The molecule has 1 amide bonds. The highest BCUT2D eigenvalue weighted by atomic mass is 35.5. The molecule has 0 aliphatic carbocycles. The number of hydrogen-bond donors (Lipinski definition) is 2. The highest BCUT2D eigenvalue weighted by Gasteiger charge is 2.18. The van der Waals surface area contributed by atoms with E-state index in [9.17, 15) is 4.79 Å². The first-order valence-electron chi connectivity index (χ1n) is 9.64. The fourth-order valence-corrected chi connectivity index (χ4v) is 3.57. The van der Waals surface area contributed by atoms with Crippen molar-refractivity contribution in [3.05, 3.63) is 64.6 Å². The van der Waals surface area contributed by atoms with Crippen LogP contribution in [0.25, 0.3) is 5.65 Å². The molecule has 0 saturated carbocycles. The fourth-order valence-electron chi connectivity index (χ4n) is 3.41. The van der Waals surface area contributed by atoms with Gasteiger partial charge in [-0.05, 0) is 43.2 Å². The molecule has 1 aliphatic rings. The van der Waals surface area contributed by atoms with E-state index in [1.807, 2.05) is 44.2 Å². The summed E-state index contributed by atoms with van der Waals surface area (Å²) in [6.07, 6.45) is 2.39. The summed E-state index contributed by atoms with van der Waals surface area (Å²) in [4.78, 5) is 21.8. The van der Waals surface area contributed by atoms with Crippen LogP contribution in [-0.2, 0) is 13.0 Å². The quantitative estimate of drug-likeness (QED) is 0.677. The van der Waals surface area contributed by atoms with E-state index in [-0.39, 0.29) is 5.91 Å². The Labute approximate surface area is 174 Å². The number of aromatic nitrogens is 2. The molecule has 0 atom stereocenters. The molecule has 3 heterocycles. The van der Waals surface area contributed by atoms with Crippen molar-refractivity contribution in [3.8, 4) is 0 Å². The van der Waals surface area contributed by atoms with Crippen LogP contribution in [0, 0.1) is 0 Å². The van der Waals surface area contributed by atoms with Gasteiger partial charge in [-0.3, -0.25) is 24.6 Å². The van der Waals surface area contributed by atoms with Crippen LogP contribution in [0.4, 0.5) is 5.69 Å². The number of anilines is 1. The van der Waals surface area contributed by atoms with Gasteiger partial charge in [0.15, 0.2) is 0 Å². The van der Waals surface area contributed by atoms with Gasteiger partial charge >= 0.3 is 0 Å². The average Bonchev–Trinajstić information content (AvgIpc) is 3.10. The highest BCUT2D eigenvalue weighted by Crippen LogP contribution is 2.18. The number of aliphatic imine (C=N–C) groups is 1. The van der Waals surface area contributed by atoms with Crippen LogP contribution in [0.5, 0.6) is 0 Å². The fraction of sp³-hybridized carbons (Fsp3) is 0.286. The van der Waals surface area contributed by atoms with Crippen molar-refractivity contribution >= 4 is 34.7 Å². The minimum absolute atomic E-state index is 0.162. The maximum atomic E-state index is 12.9. The minimum Gasteiger partial charge on any atom is -0.347 e. The van der Waals surface area contributed by atoms with Crippen molar-refractivity contribution in [1.82, 2.24) is 20.1 Å². The van der Waals surface area contributed by atoms with E-state index in [1.54, 1.807) is 16.7 Å². The first kappa shape index (κ1) is 19.3. The first-order chi connectivity index (χ1) is 14.0. The standard InChI is InChI=1S/C21H23ClN6O/c1-3-18-20(27-13-16(22)6-9-19(27)25-18)21(29)24-12-15-4-7-17(8-5-15)28-11-10-23-14(2)26-28/h4-9,13H,3,10-12H2,1-2H3,(H,23,26)(H,24,29). The van der Waals surface area contributed by atoms with E-state index in [1.165, 1.54) is 0 Å². The molecule has 0 unspecified atom stereocenters. The summed E-state index contributed by atoms with van der Waals surface area (Å²) < 4.78 is 1.76. The largest absolute Gasteiger partial charge is 0.347 e. The predicted octanol–water partition coefficient (Wildman–Crippen LogP) is 3.22. The van der Waals surface area contributed by atoms with Crippen LogP contribution in [0.3, 0.4) is 0 Å². The van der Waals surface area contributed by atoms with Gasteiger partial charge in [0.25, 0.3) is 5.91 Å². The third-order valence-electron chi connectivity index (χ3n) is 4.88. The Balaban J connectivity index is 1.47. The Bertz CT molecular complexity index is 1070. The Hall–Kier alpha value is -3.06. The van der Waals surface area contributed by atoms with E-state index in [2.05, 4.69) is 25.7 Å². The van der Waals surface area contributed by atoms with Crippen LogP contribution >= 0.6 is 11.6 Å². The maximum absolute atomic E-state index is 12.9. The molecule has 0 radical (unpaired) electrons. The van der Waals surface area contributed by atoms with Crippen molar-refractivity contribution in [3.63, 3.8) is 0 Å². The number of halogens is 1. The van der Waals surface area contributed by atoms with E-state index in [4.69, 9.17) is 11.6 Å². The number of amidine groups is 1. The number of amides is 1. The van der Waals surface area contributed by atoms with Crippen LogP contribution in [0.15, 0.2) is 47.6 Å². The van der Waals surface area contributed by atoms with Gasteiger partial charge < -0.3 is 5.32 Å². The number of benzene rings is 1. The number of hydrogen-bond acceptors (Lipinski definition) is 5. The second-order valence-corrected chi connectivity index (χ2v) is 7.35. The monoisotopic (exact) mass is 410 g/mol. The number of hydrazine groups is 1. The number of carbonyl (C=O) groups is 1. The zero-order valence-electron chi connectivity index (χ0n) is 16.4. The lowest BCUT2D eigenvalue weighted by Crippen LogP contribution is -2.46. The lowest BCUT2D eigenvalue weighted by molar-refractivity contribution is 0.0944. The van der Waals surface area contributed by atoms with E-state index in [0.29, 0.717) is 29.3 Å². The second-order valence-electron chi connectivity index (χ2n) is 6.92. The number of aryl methyl sites for hydroxylation is 1. The predicted molar refractivity (Wildman–Crippen MR) is 116 cm³/mol. The number of rotatable bonds is 5. The third-order valence-corrected chi connectivity index (χ3v) is 5.10. The lowest BCUT2D eigenvalue weighted by Gasteiger charge is -2.29. The molecular formula is C21H23ClN6O. The second kappa shape index (κ2) is 8.13. The number of pyridine rings is 1. The van der Waals surface area contributed by atoms with Crippen molar-refractivity contribution in [1.29, 1.82) is 0 Å². The summed E-state index contributed by atoms with van der Waals surface area (Å²) in [5.74, 6) is 0.748. The summed E-state index contributed by atoms with van der Waals surface area (Å²) in [5.41, 5.74) is 7.35. The number of carbonyl (C=O) groups excluding carboxylic acids is 1. The summed E-state index contributed by atoms with van der Waals surface area (Å²) in [7, 11) is 0. The molecule has 3 aromatic rings. The van der Waals surface area contributed by atoms with Gasteiger partial charge in [-0.2, -0.15) is 0 Å². The van der Waals surface area contributed by atoms with Gasteiger partial charge in [0.05, 0.1) is 29.5 Å². The minimum atomic E-state index is -0.162. The molecule has 29 heavy (non-hydrogen) atoms. The zero-order valence-corrected chi connectivity index (χ0v) is 17.2. The van der Waals surface area contributed by atoms with Gasteiger partial charge in [0.1, 0.15) is 17.2 Å². The molecule has 2 aromatic heterocycles. The topological polar surface area (TPSA) is 74.0 Å². The van der Waals surface area contributed by atoms with Crippen molar-refractivity contribution in [2.75, 3.05) is 18.1 Å². The lowest BCUT2D eigenvalue weighted by atomic mass is 10.2. The number of nitrogens with one attached hydrogen (secondary N) is 2. The molecule has 7 nitrogen and oxygen atoms in total. The summed E-state index contributed by atoms with van der Waals surface area (Å²) >= 11 is 6.11. The van der Waals surface area contributed by atoms with Gasteiger partial charge in [-0.25, -0.2) is 4.98 Å². The van der Waals surface area contributed by atoms with Crippen LogP contribution < -0.4 is 15.8 Å². The van der Waals surface area contributed by atoms with Crippen LogP contribution in [0.1, 0.15) is 35.6 Å². The average molecular weight is 411 g/mol. The van der Waals surface area contributed by atoms with Gasteiger partial charge in [0, 0.05) is 12.7 Å². The van der Waals surface area contributed by atoms with Crippen molar-refractivity contribution in [2.24, 2.45) is 4.99 Å². The molecule has 0 fully saturated rings. The molecular weight excluding hydrogens is 388 g/mol. The molecule has 8 heteroatoms. The molecule has 0 bridgehead atoms. The Morgan fingerprint density at radius 1 is 1.24 bits per heavy atom. The first-order valence-corrected chi connectivity index (χ1v) is 10.0. The Morgan fingerprint density at radius 2 is 2.03 bits per heavy atom. The number of fused-ring (bicyclic) bond motifs is 1. The molecule has 1 aliphatic heterocycles. The van der Waals surface area contributed by atoms with E-state index >= 15 is 0 Å². The van der Waals surface area contributed by atoms with Gasteiger partial charge in [-0.15, -0.1) is 0 Å². The molecule has 0 saturated heterocycles. The third kappa shape index (κ3) is 4.05. The normalized spacial score (nSPS) is 13.9. The Kier molecular flexibility index (Phi) is 5.40. The molecule has 0 spiro atoms. The number of nitrogens with zero attached hydrogens (tertiary/aromatic N) is 4. The highest BCUT2D eigenvalue weighted by molar-refractivity contribution is 6.30. The maximum Gasteiger partial charge on any atom is 0.270 e. The molecule has 4 rings (SSSR count). The SMILES string of the molecule is CCc1nc2ccc(Cl)cn2c1C(=O)NCc1ccc(N2CCN=C(C)N2)cc1. The molecule has 2 N–H and O–H groups in total.